The van der Waals surface area contributed by atoms with Crippen LogP contribution in [0.4, 0.5) is 0 Å². The van der Waals surface area contributed by atoms with E-state index in [-0.39, 0.29) is 5.56 Å². The Morgan fingerprint density at radius 2 is 2.00 bits per heavy atom. The molecular formula is C7H3Br2IO2. The Labute approximate surface area is 99.7 Å². The van der Waals surface area contributed by atoms with Gasteiger partial charge in [0, 0.05) is 12.5 Å². The summed E-state index contributed by atoms with van der Waals surface area (Å²) in [5, 5.41) is 8.69. The molecule has 0 aliphatic carbocycles. The van der Waals surface area contributed by atoms with Crippen LogP contribution in [0.1, 0.15) is 10.4 Å². The Bertz CT molecular complexity index is 315. The van der Waals surface area contributed by atoms with Gasteiger partial charge in [-0.2, -0.15) is 0 Å². The molecule has 1 aromatic rings. The van der Waals surface area contributed by atoms with Crippen molar-refractivity contribution < 1.29 is 9.90 Å². The lowest BCUT2D eigenvalue weighted by Gasteiger charge is -2.01. The molecule has 5 heteroatoms. The Kier molecular flexibility index (Phi) is 3.54. The zero-order valence-electron chi connectivity index (χ0n) is 5.64. The predicted molar refractivity (Wildman–Crippen MR) is 61.5 cm³/mol. The summed E-state index contributed by atoms with van der Waals surface area (Å²) in [7, 11) is 0. The van der Waals surface area contributed by atoms with Crippen LogP contribution in [0, 0.1) is 3.57 Å². The highest BCUT2D eigenvalue weighted by Crippen LogP contribution is 2.29. The average molecular weight is 406 g/mol. The van der Waals surface area contributed by atoms with E-state index >= 15 is 0 Å². The van der Waals surface area contributed by atoms with Gasteiger partial charge in [0.2, 0.25) is 0 Å². The number of hydrogen-bond donors (Lipinski definition) is 1. The van der Waals surface area contributed by atoms with E-state index < -0.39 is 5.97 Å². The van der Waals surface area contributed by atoms with Gasteiger partial charge >= 0.3 is 5.97 Å². The van der Waals surface area contributed by atoms with Crippen molar-refractivity contribution in [1.29, 1.82) is 0 Å². The molecule has 0 heterocycles. The van der Waals surface area contributed by atoms with E-state index in [1.807, 2.05) is 0 Å². The molecule has 1 N–H and O–H groups in total. The van der Waals surface area contributed by atoms with E-state index in [0.29, 0.717) is 0 Å². The molecule has 1 rings (SSSR count). The summed E-state index contributed by atoms with van der Waals surface area (Å²) >= 11 is 8.63. The molecule has 0 aliphatic rings. The molecule has 0 saturated heterocycles. The smallest absolute Gasteiger partial charge is 0.335 e. The fourth-order valence-corrected chi connectivity index (χ4v) is 2.36. The van der Waals surface area contributed by atoms with Crippen LogP contribution in [0.15, 0.2) is 21.1 Å². The fourth-order valence-electron chi connectivity index (χ4n) is 0.679. The van der Waals surface area contributed by atoms with Crippen molar-refractivity contribution in [3.8, 4) is 0 Å². The minimum absolute atomic E-state index is 0.287. The maximum atomic E-state index is 10.6. The number of carboxylic acid groups (broad SMARTS) is 1. The summed E-state index contributed by atoms with van der Waals surface area (Å²) in [5.41, 5.74) is 0.287. The molecule has 0 radical (unpaired) electrons. The third-order valence-corrected chi connectivity index (χ3v) is 4.83. The van der Waals surface area contributed by atoms with E-state index in [4.69, 9.17) is 5.11 Å². The SMILES string of the molecule is O=C(O)c1cc(Br)c(Br)c(I)c1. The first-order valence-corrected chi connectivity index (χ1v) is 5.56. The van der Waals surface area contributed by atoms with Gasteiger partial charge in [-0.05, 0) is 66.6 Å². The normalized spacial score (nSPS) is 9.92. The molecule has 0 saturated carbocycles. The van der Waals surface area contributed by atoms with Crippen LogP contribution in [-0.2, 0) is 0 Å². The molecule has 0 spiro atoms. The molecule has 0 bridgehead atoms. The molecular weight excluding hydrogens is 403 g/mol. The Morgan fingerprint density at radius 3 is 2.42 bits per heavy atom. The van der Waals surface area contributed by atoms with Gasteiger partial charge in [-0.1, -0.05) is 0 Å². The van der Waals surface area contributed by atoms with Gasteiger partial charge in [-0.15, -0.1) is 0 Å². The number of carbonyl (C=O) groups is 1. The summed E-state index contributed by atoms with van der Waals surface area (Å²) in [6, 6.07) is 3.17. The number of benzene rings is 1. The number of halogens is 3. The van der Waals surface area contributed by atoms with E-state index in [1.54, 1.807) is 12.1 Å². The molecule has 0 fully saturated rings. The van der Waals surface area contributed by atoms with Gasteiger partial charge in [-0.25, -0.2) is 4.79 Å². The third kappa shape index (κ3) is 2.20. The van der Waals surface area contributed by atoms with Gasteiger partial charge in [0.25, 0.3) is 0 Å². The van der Waals surface area contributed by atoms with Crippen LogP contribution < -0.4 is 0 Å². The van der Waals surface area contributed by atoms with Crippen LogP contribution in [-0.4, -0.2) is 11.1 Å². The largest absolute Gasteiger partial charge is 0.478 e. The topological polar surface area (TPSA) is 37.3 Å². The van der Waals surface area contributed by atoms with Gasteiger partial charge in [0.05, 0.1) is 5.56 Å². The minimum atomic E-state index is -0.916. The maximum Gasteiger partial charge on any atom is 0.335 e. The molecule has 0 unspecified atom stereocenters. The Morgan fingerprint density at radius 1 is 1.42 bits per heavy atom. The second-order valence-corrected chi connectivity index (χ2v) is 4.87. The van der Waals surface area contributed by atoms with Gasteiger partial charge < -0.3 is 5.11 Å². The Hall–Kier alpha value is 0.380. The highest BCUT2D eigenvalue weighted by molar-refractivity contribution is 14.1. The van der Waals surface area contributed by atoms with Crippen molar-refractivity contribution in [1.82, 2.24) is 0 Å². The van der Waals surface area contributed by atoms with Crippen molar-refractivity contribution in [3.05, 3.63) is 30.2 Å². The third-order valence-electron chi connectivity index (χ3n) is 1.23. The van der Waals surface area contributed by atoms with Crippen LogP contribution in [0.25, 0.3) is 0 Å². The monoisotopic (exact) mass is 404 g/mol. The molecule has 0 aromatic heterocycles. The molecule has 0 aliphatic heterocycles. The highest BCUT2D eigenvalue weighted by Gasteiger charge is 2.08. The van der Waals surface area contributed by atoms with E-state index in [2.05, 4.69) is 54.5 Å². The molecule has 0 amide bonds. The van der Waals surface area contributed by atoms with E-state index in [0.717, 1.165) is 12.5 Å². The number of carboxylic acids is 1. The zero-order chi connectivity index (χ0) is 9.30. The van der Waals surface area contributed by atoms with Crippen LogP contribution in [0.5, 0.6) is 0 Å². The summed E-state index contributed by atoms with van der Waals surface area (Å²) in [6.45, 7) is 0. The van der Waals surface area contributed by atoms with Crippen molar-refractivity contribution >= 4 is 60.4 Å². The van der Waals surface area contributed by atoms with Crippen LogP contribution >= 0.6 is 54.5 Å². The number of aromatic carboxylic acids is 1. The quantitative estimate of drug-likeness (QED) is 0.573. The van der Waals surface area contributed by atoms with Crippen molar-refractivity contribution in [3.63, 3.8) is 0 Å². The second kappa shape index (κ2) is 4.06. The lowest BCUT2D eigenvalue weighted by molar-refractivity contribution is 0.0696. The maximum absolute atomic E-state index is 10.6. The zero-order valence-corrected chi connectivity index (χ0v) is 11.0. The predicted octanol–water partition coefficient (Wildman–Crippen LogP) is 3.51. The standard InChI is InChI=1S/C7H3Br2IO2/c8-4-1-3(7(11)12)2-5(10)6(4)9/h1-2H,(H,11,12). The summed E-state index contributed by atoms with van der Waals surface area (Å²) in [4.78, 5) is 10.6. The van der Waals surface area contributed by atoms with Gasteiger partial charge in [0.1, 0.15) is 0 Å². The van der Waals surface area contributed by atoms with E-state index in [9.17, 15) is 4.79 Å². The van der Waals surface area contributed by atoms with E-state index in [1.165, 1.54) is 0 Å². The molecule has 2 nitrogen and oxygen atoms in total. The molecule has 64 valence electrons. The Balaban J connectivity index is 3.31. The molecule has 0 atom stereocenters. The lowest BCUT2D eigenvalue weighted by atomic mass is 10.2. The number of hydrogen-bond acceptors (Lipinski definition) is 1. The van der Waals surface area contributed by atoms with Gasteiger partial charge in [-0.3, -0.25) is 0 Å². The fraction of sp³-hybridized carbons (Fsp3) is 0. The van der Waals surface area contributed by atoms with Crippen LogP contribution in [0.2, 0.25) is 0 Å². The highest BCUT2D eigenvalue weighted by atomic mass is 127. The van der Waals surface area contributed by atoms with Crippen molar-refractivity contribution in [2.24, 2.45) is 0 Å². The first-order chi connectivity index (χ1) is 5.52. The molecule has 1 aromatic carbocycles. The minimum Gasteiger partial charge on any atom is -0.478 e. The average Bonchev–Trinajstić information content (AvgIpc) is 1.99. The van der Waals surface area contributed by atoms with Crippen LogP contribution in [0.3, 0.4) is 0 Å². The summed E-state index contributed by atoms with van der Waals surface area (Å²) in [5.74, 6) is -0.916. The number of rotatable bonds is 1. The molecule has 12 heavy (non-hydrogen) atoms. The summed E-state index contributed by atoms with van der Waals surface area (Å²) < 4.78 is 2.51. The lowest BCUT2D eigenvalue weighted by Crippen LogP contribution is -1.97. The van der Waals surface area contributed by atoms with Crippen molar-refractivity contribution in [2.75, 3.05) is 0 Å². The van der Waals surface area contributed by atoms with Gasteiger partial charge in [0.15, 0.2) is 0 Å². The summed E-state index contributed by atoms with van der Waals surface area (Å²) in [6.07, 6.45) is 0. The van der Waals surface area contributed by atoms with Crippen molar-refractivity contribution in [2.45, 2.75) is 0 Å². The first-order valence-electron chi connectivity index (χ1n) is 2.90. The first kappa shape index (κ1) is 10.5. The second-order valence-electron chi connectivity index (χ2n) is 2.06.